The number of halogens is 1. The fourth-order valence-corrected chi connectivity index (χ4v) is 3.26. The summed E-state index contributed by atoms with van der Waals surface area (Å²) in [4.78, 5) is 23.8. The van der Waals surface area contributed by atoms with Gasteiger partial charge >= 0.3 is 5.69 Å². The summed E-state index contributed by atoms with van der Waals surface area (Å²) in [5.74, 6) is 0.0734. The molecule has 0 fully saturated rings. The molecule has 0 unspecified atom stereocenters. The van der Waals surface area contributed by atoms with Crippen LogP contribution < -0.4 is 11.0 Å². The molecule has 2 rings (SSSR count). The van der Waals surface area contributed by atoms with Crippen molar-refractivity contribution in [2.24, 2.45) is 0 Å². The van der Waals surface area contributed by atoms with Gasteiger partial charge in [0, 0.05) is 16.7 Å². The second kappa shape index (κ2) is 8.35. The lowest BCUT2D eigenvalue weighted by atomic mass is 10.2. The van der Waals surface area contributed by atoms with Crippen molar-refractivity contribution in [3.8, 4) is 0 Å². The Balaban J connectivity index is 1.95. The molecule has 23 heavy (non-hydrogen) atoms. The van der Waals surface area contributed by atoms with Gasteiger partial charge in [-0.05, 0) is 37.1 Å². The van der Waals surface area contributed by atoms with Crippen molar-refractivity contribution >= 4 is 39.3 Å². The first-order chi connectivity index (χ1) is 11.0. The van der Waals surface area contributed by atoms with E-state index in [4.69, 9.17) is 0 Å². The van der Waals surface area contributed by atoms with Crippen LogP contribution in [0.4, 0.5) is 5.69 Å². The molecule has 0 saturated carbocycles. The van der Waals surface area contributed by atoms with Crippen LogP contribution in [0.15, 0.2) is 32.6 Å². The third-order valence-corrected chi connectivity index (χ3v) is 4.72. The lowest BCUT2D eigenvalue weighted by molar-refractivity contribution is -0.113. The fraction of sp³-hybridized carbons (Fsp3) is 0.400. The molecule has 1 heterocycles. The molecule has 2 N–H and O–H groups in total. The Labute approximate surface area is 147 Å². The zero-order valence-corrected chi connectivity index (χ0v) is 15.5. The van der Waals surface area contributed by atoms with Gasteiger partial charge in [0.15, 0.2) is 5.16 Å². The number of nitrogens with zero attached hydrogens (tertiary/aromatic N) is 2. The topological polar surface area (TPSA) is 79.8 Å². The van der Waals surface area contributed by atoms with Crippen LogP contribution in [-0.2, 0) is 11.3 Å². The van der Waals surface area contributed by atoms with Crippen LogP contribution in [0.2, 0.25) is 0 Å². The van der Waals surface area contributed by atoms with E-state index in [1.807, 2.05) is 25.1 Å². The maximum atomic E-state index is 12.1. The first-order valence-corrected chi connectivity index (χ1v) is 9.13. The molecule has 0 aliphatic heterocycles. The Morgan fingerprint density at radius 2 is 2.26 bits per heavy atom. The highest BCUT2D eigenvalue weighted by Crippen LogP contribution is 2.21. The minimum Gasteiger partial charge on any atom is -0.325 e. The number of unbranched alkanes of at least 4 members (excludes halogenated alkanes) is 1. The predicted molar refractivity (Wildman–Crippen MR) is 96.0 cm³/mol. The molecule has 2 aromatic rings. The van der Waals surface area contributed by atoms with Crippen LogP contribution in [0.3, 0.4) is 0 Å². The Morgan fingerprint density at radius 3 is 2.96 bits per heavy atom. The lowest BCUT2D eigenvalue weighted by Crippen LogP contribution is -2.19. The number of aromatic nitrogens is 3. The van der Waals surface area contributed by atoms with Crippen molar-refractivity contribution < 1.29 is 4.79 Å². The van der Waals surface area contributed by atoms with E-state index in [9.17, 15) is 9.59 Å². The van der Waals surface area contributed by atoms with Crippen LogP contribution in [0.5, 0.6) is 0 Å². The summed E-state index contributed by atoms with van der Waals surface area (Å²) in [7, 11) is 0. The number of anilines is 1. The third-order valence-electron chi connectivity index (χ3n) is 3.25. The highest BCUT2D eigenvalue weighted by molar-refractivity contribution is 9.10. The molecular formula is C15H19BrN4O2S. The minimum absolute atomic E-state index is 0.127. The molecule has 0 aliphatic carbocycles. The maximum Gasteiger partial charge on any atom is 0.343 e. The summed E-state index contributed by atoms with van der Waals surface area (Å²) in [5, 5.41) is 9.83. The first-order valence-electron chi connectivity index (χ1n) is 7.35. The molecular weight excluding hydrogens is 380 g/mol. The number of nitrogens with one attached hydrogen (secondary N) is 2. The Kier molecular flexibility index (Phi) is 6.47. The average molecular weight is 399 g/mol. The van der Waals surface area contributed by atoms with Gasteiger partial charge in [-0.3, -0.25) is 9.36 Å². The van der Waals surface area contributed by atoms with Crippen molar-refractivity contribution in [1.82, 2.24) is 14.8 Å². The van der Waals surface area contributed by atoms with Crippen LogP contribution in [0, 0.1) is 6.92 Å². The van der Waals surface area contributed by atoms with Crippen LogP contribution >= 0.6 is 27.7 Å². The molecule has 6 nitrogen and oxygen atoms in total. The van der Waals surface area contributed by atoms with Crippen molar-refractivity contribution in [3.63, 3.8) is 0 Å². The van der Waals surface area contributed by atoms with Crippen molar-refractivity contribution in [3.05, 3.63) is 38.7 Å². The fourth-order valence-electron chi connectivity index (χ4n) is 2.01. The van der Waals surface area contributed by atoms with E-state index in [2.05, 4.69) is 38.4 Å². The number of carbonyl (C=O) groups excluding carboxylic acids is 1. The molecule has 0 atom stereocenters. The van der Waals surface area contributed by atoms with E-state index in [0.717, 1.165) is 28.6 Å². The van der Waals surface area contributed by atoms with Crippen molar-refractivity contribution in [2.45, 2.75) is 38.4 Å². The quantitative estimate of drug-likeness (QED) is 0.701. The van der Waals surface area contributed by atoms with Crippen LogP contribution in [-0.4, -0.2) is 26.4 Å². The standard InChI is InChI=1S/C15H19BrN4O2S/c1-3-4-7-20-14(22)18-19-15(20)23-9-13(21)17-12-6-5-11(16)8-10(12)2/h5-6,8H,3-4,7,9H2,1-2H3,(H,17,21)(H,18,22). The molecule has 0 saturated heterocycles. The van der Waals surface area contributed by atoms with Gasteiger partial charge in [-0.1, -0.05) is 41.0 Å². The number of hydrogen-bond donors (Lipinski definition) is 2. The average Bonchev–Trinajstić information content (AvgIpc) is 2.86. The number of rotatable bonds is 7. The molecule has 0 aliphatic rings. The van der Waals surface area contributed by atoms with Gasteiger partial charge in [0.2, 0.25) is 5.91 Å². The number of thioether (sulfide) groups is 1. The monoisotopic (exact) mass is 398 g/mol. The molecule has 1 aromatic heterocycles. The van der Waals surface area contributed by atoms with Gasteiger partial charge in [-0.2, -0.15) is 0 Å². The summed E-state index contributed by atoms with van der Waals surface area (Å²) < 4.78 is 2.55. The Bertz CT molecular complexity index is 741. The zero-order chi connectivity index (χ0) is 16.8. The first kappa shape index (κ1) is 17.8. The van der Waals surface area contributed by atoms with Crippen molar-refractivity contribution in [1.29, 1.82) is 0 Å². The van der Waals surface area contributed by atoms with Gasteiger partial charge in [-0.15, -0.1) is 5.10 Å². The zero-order valence-electron chi connectivity index (χ0n) is 13.1. The van der Waals surface area contributed by atoms with Crippen molar-refractivity contribution in [2.75, 3.05) is 11.1 Å². The molecule has 124 valence electrons. The largest absolute Gasteiger partial charge is 0.343 e. The smallest absolute Gasteiger partial charge is 0.325 e. The Hall–Kier alpha value is -1.54. The summed E-state index contributed by atoms with van der Waals surface area (Å²) in [6, 6.07) is 5.68. The maximum absolute atomic E-state index is 12.1. The number of aryl methyl sites for hydroxylation is 1. The Morgan fingerprint density at radius 1 is 1.48 bits per heavy atom. The predicted octanol–water partition coefficient (Wildman–Crippen LogP) is 3.17. The molecule has 0 radical (unpaired) electrons. The third kappa shape index (κ3) is 4.97. The van der Waals surface area contributed by atoms with Gasteiger partial charge in [0.25, 0.3) is 0 Å². The highest BCUT2D eigenvalue weighted by Gasteiger charge is 2.12. The summed E-state index contributed by atoms with van der Waals surface area (Å²) in [6.45, 7) is 4.61. The minimum atomic E-state index is -0.231. The molecule has 0 bridgehead atoms. The summed E-state index contributed by atoms with van der Waals surface area (Å²) in [5.41, 5.74) is 1.53. The van der Waals surface area contributed by atoms with E-state index < -0.39 is 0 Å². The summed E-state index contributed by atoms with van der Waals surface area (Å²) in [6.07, 6.45) is 1.89. The number of benzene rings is 1. The summed E-state index contributed by atoms with van der Waals surface area (Å²) >= 11 is 4.65. The second-order valence-corrected chi connectivity index (χ2v) is 6.97. The van der Waals surface area contributed by atoms with E-state index in [-0.39, 0.29) is 17.3 Å². The molecule has 1 aromatic carbocycles. The number of hydrogen-bond acceptors (Lipinski definition) is 4. The SMILES string of the molecule is CCCCn1c(SCC(=O)Nc2ccc(Br)cc2C)n[nH]c1=O. The van der Waals surface area contributed by atoms with E-state index in [0.29, 0.717) is 11.7 Å². The van der Waals surface area contributed by atoms with Gasteiger partial charge in [0.05, 0.1) is 5.75 Å². The van der Waals surface area contributed by atoms with Crippen LogP contribution in [0.25, 0.3) is 0 Å². The van der Waals surface area contributed by atoms with E-state index in [1.165, 1.54) is 11.8 Å². The van der Waals surface area contributed by atoms with Crippen LogP contribution in [0.1, 0.15) is 25.3 Å². The number of H-pyrrole nitrogens is 1. The van der Waals surface area contributed by atoms with E-state index in [1.54, 1.807) is 4.57 Å². The van der Waals surface area contributed by atoms with Gasteiger partial charge in [-0.25, -0.2) is 9.89 Å². The highest BCUT2D eigenvalue weighted by atomic mass is 79.9. The number of carbonyl (C=O) groups is 1. The van der Waals surface area contributed by atoms with Gasteiger partial charge < -0.3 is 5.32 Å². The molecule has 0 spiro atoms. The number of amides is 1. The molecule has 1 amide bonds. The molecule has 8 heteroatoms. The van der Waals surface area contributed by atoms with E-state index >= 15 is 0 Å². The second-order valence-electron chi connectivity index (χ2n) is 5.11. The van der Waals surface area contributed by atoms with Gasteiger partial charge in [0.1, 0.15) is 0 Å². The number of aromatic amines is 1. The normalized spacial score (nSPS) is 10.7. The lowest BCUT2D eigenvalue weighted by Gasteiger charge is -2.09.